The van der Waals surface area contributed by atoms with E-state index in [1.807, 2.05) is 44.2 Å². The first-order chi connectivity index (χ1) is 31.5. The number of aromatic hydroxyl groups is 1. The average Bonchev–Trinajstić information content (AvgIpc) is 3.91. The lowest BCUT2D eigenvalue weighted by Gasteiger charge is -2.36. The molecule has 3 aromatic carbocycles. The quantitative estimate of drug-likeness (QED) is 0.0718. The minimum atomic E-state index is -1.18. The molecule has 3 N–H and O–H groups in total. The van der Waals surface area contributed by atoms with Crippen molar-refractivity contribution < 1.29 is 43.4 Å². The molecule has 0 unspecified atom stereocenters. The summed E-state index contributed by atoms with van der Waals surface area (Å²) in [5.74, 6) is -0.912. The van der Waals surface area contributed by atoms with Crippen molar-refractivity contribution in [3.8, 4) is 39.6 Å². The van der Waals surface area contributed by atoms with Crippen LogP contribution in [0.4, 0.5) is 0 Å². The number of ether oxygens (including phenoxy) is 3. The van der Waals surface area contributed by atoms with Gasteiger partial charge in [-0.25, -0.2) is 5.43 Å². The molecule has 3 aliphatic heterocycles. The van der Waals surface area contributed by atoms with Gasteiger partial charge >= 0.3 is 5.97 Å². The summed E-state index contributed by atoms with van der Waals surface area (Å²) < 4.78 is 20.2. The Hall–Kier alpha value is -6.42. The van der Waals surface area contributed by atoms with Crippen molar-refractivity contribution >= 4 is 34.6 Å². The van der Waals surface area contributed by atoms with Crippen molar-refractivity contribution in [2.45, 2.75) is 97.4 Å². The first kappa shape index (κ1) is 47.5. The molecule has 3 aliphatic rings. The molecule has 4 heterocycles. The Bertz CT molecular complexity index is 2510. The van der Waals surface area contributed by atoms with Crippen molar-refractivity contribution in [3.63, 3.8) is 0 Å². The zero-order valence-corrected chi connectivity index (χ0v) is 39.4. The Morgan fingerprint density at radius 2 is 1.79 bits per heavy atom. The van der Waals surface area contributed by atoms with Gasteiger partial charge in [-0.2, -0.15) is 0 Å². The number of aromatic nitrogens is 1. The van der Waals surface area contributed by atoms with Crippen LogP contribution in [0.3, 0.4) is 0 Å². The first-order valence-corrected chi connectivity index (χ1v) is 22.8. The minimum absolute atomic E-state index is 0.0253. The third-order valence-corrected chi connectivity index (χ3v) is 13.1. The number of carbonyl (C=O) groups is 4. The third-order valence-electron chi connectivity index (χ3n) is 13.1. The lowest BCUT2D eigenvalue weighted by Crippen LogP contribution is -2.62. The highest BCUT2D eigenvalue weighted by molar-refractivity contribution is 5.97. The number of likely N-dealkylation sites (N-methyl/N-ethyl adjacent to an activating group) is 1. The monoisotopic (exact) mass is 906 g/mol. The molecule has 7 rings (SSSR count). The number of likely N-dealkylation sites (tertiary alicyclic amines) is 1. The highest BCUT2D eigenvalue weighted by Crippen LogP contribution is 2.46. The van der Waals surface area contributed by atoms with E-state index in [0.717, 1.165) is 38.2 Å². The zero-order valence-electron chi connectivity index (χ0n) is 39.4. The number of phenols is 1. The second-order valence-corrected chi connectivity index (χ2v) is 18.8. The number of nitrogens with zero attached hydrogens (tertiary/aromatic N) is 5. The van der Waals surface area contributed by atoms with Crippen LogP contribution in [-0.4, -0.2) is 125 Å². The first-order valence-electron chi connectivity index (χ1n) is 22.8. The number of carbonyl (C=O) groups excluding carboxylic acids is 4. The summed E-state index contributed by atoms with van der Waals surface area (Å²) >= 11 is 0. The van der Waals surface area contributed by atoms with Crippen LogP contribution in [0.15, 0.2) is 67.3 Å². The second kappa shape index (κ2) is 19.6. The number of cyclic esters (lactones) is 1. The number of methoxy groups -OCH3 is 2. The molecule has 66 heavy (non-hydrogen) atoms. The van der Waals surface area contributed by atoms with Crippen LogP contribution in [-0.2, 0) is 43.3 Å². The molecule has 2 saturated heterocycles. The van der Waals surface area contributed by atoms with E-state index in [1.54, 1.807) is 38.3 Å². The smallest absolute Gasteiger partial charge is 0.324 e. The molecule has 0 radical (unpaired) electrons. The van der Waals surface area contributed by atoms with Crippen LogP contribution >= 0.6 is 0 Å². The van der Waals surface area contributed by atoms with Gasteiger partial charge in [-0.15, -0.1) is 5.01 Å². The number of hydrogen-bond donors (Lipinski definition) is 3. The van der Waals surface area contributed by atoms with E-state index in [0.29, 0.717) is 61.4 Å². The SMILES string of the molecule is C=CC(=O)N1CC[C@H]([N+](=O)N(C)[C@H](C(=O)N[C@H]2Cc3cc(O)cc(c3)-c3ccc4c(c3)c(c(-c3c(OC)cccc3OC)n4CC)CC(C)(C)COC(=O)[C@@H]3CCCN(N3)C2=O)C(C)C)C1. The van der Waals surface area contributed by atoms with Crippen LogP contribution in [0, 0.1) is 16.2 Å². The van der Waals surface area contributed by atoms with E-state index in [4.69, 9.17) is 14.2 Å². The topological polar surface area (TPSA) is 175 Å². The second-order valence-electron chi connectivity index (χ2n) is 18.8. The molecule has 0 saturated carbocycles. The predicted molar refractivity (Wildman–Crippen MR) is 250 cm³/mol. The molecule has 3 amide bonds. The number of benzene rings is 3. The van der Waals surface area contributed by atoms with E-state index in [1.165, 1.54) is 16.1 Å². The van der Waals surface area contributed by atoms with Gasteiger partial charge in [-0.3, -0.25) is 24.2 Å². The van der Waals surface area contributed by atoms with Crippen LogP contribution in [0.1, 0.15) is 65.0 Å². The maximum Gasteiger partial charge on any atom is 0.324 e. The van der Waals surface area contributed by atoms with E-state index < -0.39 is 47.4 Å². The fraction of sp³-hybridized carbons (Fsp3) is 0.480. The van der Waals surface area contributed by atoms with Gasteiger partial charge in [-0.05, 0) is 96.8 Å². The molecule has 352 valence electrons. The number of nitroso groups, excluding NO2 is 1. The van der Waals surface area contributed by atoms with Gasteiger partial charge in [0.1, 0.15) is 34.2 Å². The lowest BCUT2D eigenvalue weighted by atomic mass is 9.84. The van der Waals surface area contributed by atoms with Crippen molar-refractivity contribution in [2.24, 2.45) is 11.3 Å². The Labute approximate surface area is 386 Å². The van der Waals surface area contributed by atoms with Gasteiger partial charge < -0.3 is 34.1 Å². The lowest BCUT2D eigenvalue weighted by molar-refractivity contribution is -0.732. The molecule has 2 fully saturated rings. The van der Waals surface area contributed by atoms with E-state index in [-0.39, 0.29) is 43.7 Å². The summed E-state index contributed by atoms with van der Waals surface area (Å²) in [6.07, 6.45) is 3.03. The summed E-state index contributed by atoms with van der Waals surface area (Å²) in [7, 11) is 4.81. The molecule has 16 heteroatoms. The fourth-order valence-corrected chi connectivity index (χ4v) is 9.87. The van der Waals surface area contributed by atoms with E-state index >= 15 is 0 Å². The average molecular weight is 907 g/mol. The number of esters is 1. The summed E-state index contributed by atoms with van der Waals surface area (Å²) in [4.78, 5) is 71.6. The van der Waals surface area contributed by atoms with Gasteiger partial charge in [0.15, 0.2) is 6.04 Å². The molecule has 0 spiro atoms. The Kier molecular flexibility index (Phi) is 14.1. The summed E-state index contributed by atoms with van der Waals surface area (Å²) in [5, 5.41) is 18.0. The van der Waals surface area contributed by atoms with Crippen LogP contribution in [0.25, 0.3) is 33.3 Å². The number of hydrazine groups is 2. The molecular formula is C50H64N7O9+. The van der Waals surface area contributed by atoms with Crippen molar-refractivity contribution in [3.05, 3.63) is 83.3 Å². The molecule has 4 atom stereocenters. The standard InChI is InChI=1S/C50H63N7O9/c1-10-43(59)54-21-19-34(28-54)57(63)53(7)45(30(3)4)47(60)51-39-24-31-22-33(25-35(58)23-31)32-17-18-40-36(26-32)37(46(55(40)11-2)44-41(64-8)15-12-16-42(44)65-9)27-50(5,6)29-66-49(62)38-14-13-20-56(52-38)48(39)61/h10,12,15-18,22-23,25-26,30,34,38-39,45,52H,1,11,13-14,19-21,24,27-29H2,2-9H3,(H-,51,58,60)/p+1/t34-,38-,39-,45-/m0/s1. The van der Waals surface area contributed by atoms with Crippen molar-refractivity contribution in [1.29, 1.82) is 0 Å². The predicted octanol–water partition coefficient (Wildman–Crippen LogP) is 5.80. The number of hydrogen-bond acceptors (Lipinski definition) is 10. The largest absolute Gasteiger partial charge is 0.508 e. The summed E-state index contributed by atoms with van der Waals surface area (Å²) in [6, 6.07) is 13.5. The van der Waals surface area contributed by atoms with Crippen LogP contribution in [0.5, 0.6) is 17.2 Å². The van der Waals surface area contributed by atoms with Crippen LogP contribution < -0.4 is 20.2 Å². The number of amides is 3. The van der Waals surface area contributed by atoms with Crippen molar-refractivity contribution in [2.75, 3.05) is 47.5 Å². The minimum Gasteiger partial charge on any atom is -0.508 e. The zero-order chi connectivity index (χ0) is 47.6. The number of rotatable bonds is 11. The number of nitrogens with one attached hydrogen (secondary N) is 2. The van der Waals surface area contributed by atoms with Gasteiger partial charge in [0.2, 0.25) is 11.8 Å². The highest BCUT2D eigenvalue weighted by Gasteiger charge is 2.44. The third kappa shape index (κ3) is 9.60. The maximum absolute atomic E-state index is 14.7. The number of fused-ring (bicyclic) bond motifs is 6. The van der Waals surface area contributed by atoms with Crippen LogP contribution in [0.2, 0.25) is 0 Å². The summed E-state index contributed by atoms with van der Waals surface area (Å²) in [6.45, 7) is 14.9. The Morgan fingerprint density at radius 3 is 2.45 bits per heavy atom. The molecule has 1 aromatic heterocycles. The fourth-order valence-electron chi connectivity index (χ4n) is 9.87. The van der Waals surface area contributed by atoms with Crippen molar-refractivity contribution in [1.82, 2.24) is 30.2 Å². The van der Waals surface area contributed by atoms with Gasteiger partial charge in [-0.1, -0.05) is 52.5 Å². The molecule has 6 bridgehead atoms. The maximum atomic E-state index is 14.7. The van der Waals surface area contributed by atoms with Gasteiger partial charge in [0.25, 0.3) is 11.9 Å². The van der Waals surface area contributed by atoms with Gasteiger partial charge in [0, 0.05) is 48.8 Å². The normalized spacial score (nSPS) is 20.3. The Morgan fingerprint density at radius 1 is 1.06 bits per heavy atom. The van der Waals surface area contributed by atoms with Gasteiger partial charge in [0.05, 0.1) is 50.6 Å². The highest BCUT2D eigenvalue weighted by atomic mass is 16.5. The molecule has 0 aliphatic carbocycles. The Balaban J connectivity index is 1.32. The summed E-state index contributed by atoms with van der Waals surface area (Å²) in [5.41, 5.74) is 8.31. The van der Waals surface area contributed by atoms with E-state index in [2.05, 4.69) is 54.8 Å². The number of phenolic OH excluding ortho intramolecular Hbond substituents is 1. The molecular weight excluding hydrogens is 843 g/mol. The number of aryl methyl sites for hydroxylation is 1. The molecule has 4 aromatic rings. The van der Waals surface area contributed by atoms with E-state index in [9.17, 15) is 29.2 Å². The molecule has 16 nitrogen and oxygen atoms in total.